The van der Waals surface area contributed by atoms with E-state index in [1.165, 1.54) is 42.1 Å². The number of benzene rings is 6. The number of rotatable bonds is 3. The van der Waals surface area contributed by atoms with Crippen molar-refractivity contribution in [1.29, 1.82) is 0 Å². The van der Waals surface area contributed by atoms with Crippen molar-refractivity contribution >= 4 is 59.6 Å². The van der Waals surface area contributed by atoms with Crippen molar-refractivity contribution in [2.45, 2.75) is 0 Å². The second-order valence-corrected chi connectivity index (χ2v) is 11.5. The topological polar surface area (TPSA) is 41.9 Å². The van der Waals surface area contributed by atoms with Crippen molar-refractivity contribution in [2.75, 3.05) is 4.90 Å². The van der Waals surface area contributed by atoms with Crippen molar-refractivity contribution in [3.05, 3.63) is 133 Å². The molecule has 0 atom stereocenters. The molecule has 0 saturated carbocycles. The molecule has 0 saturated heterocycles. The Kier molecular flexibility index (Phi) is 5.03. The Balaban J connectivity index is 1.39. The van der Waals surface area contributed by atoms with Crippen LogP contribution in [0.5, 0.6) is 0 Å². The van der Waals surface area contributed by atoms with Gasteiger partial charge in [0.25, 0.3) is 0 Å². The monoisotopic (exact) mass is 554 g/mol. The zero-order chi connectivity index (χ0) is 27.6. The van der Waals surface area contributed by atoms with E-state index in [0.29, 0.717) is 17.6 Å². The van der Waals surface area contributed by atoms with Gasteiger partial charge in [-0.2, -0.15) is 9.97 Å². The first-order chi connectivity index (χ1) is 20.8. The van der Waals surface area contributed by atoms with Crippen LogP contribution in [0.2, 0.25) is 0 Å². The van der Waals surface area contributed by atoms with Gasteiger partial charge in [0, 0.05) is 42.2 Å². The Labute approximate surface area is 246 Å². The smallest absolute Gasteiger partial charge is 0.238 e. The molecule has 3 heterocycles. The van der Waals surface area contributed by atoms with Crippen LogP contribution >= 0.6 is 11.3 Å². The van der Waals surface area contributed by atoms with Gasteiger partial charge in [-0.05, 0) is 29.1 Å². The minimum absolute atomic E-state index is 0.603. The van der Waals surface area contributed by atoms with Gasteiger partial charge in [-0.25, -0.2) is 4.98 Å². The van der Waals surface area contributed by atoms with Crippen molar-refractivity contribution < 1.29 is 0 Å². The lowest BCUT2D eigenvalue weighted by Gasteiger charge is -2.32. The van der Waals surface area contributed by atoms with E-state index in [1.807, 2.05) is 47.7 Å². The summed E-state index contributed by atoms with van der Waals surface area (Å²) in [5.74, 6) is 1.90. The van der Waals surface area contributed by atoms with E-state index >= 15 is 0 Å². The fourth-order valence-electron chi connectivity index (χ4n) is 6.18. The average molecular weight is 555 g/mol. The van der Waals surface area contributed by atoms with Crippen LogP contribution in [-0.2, 0) is 0 Å². The highest BCUT2D eigenvalue weighted by Gasteiger charge is 2.30. The van der Waals surface area contributed by atoms with Gasteiger partial charge >= 0.3 is 0 Å². The summed E-state index contributed by atoms with van der Waals surface area (Å²) in [6.07, 6.45) is 0. The molecule has 0 N–H and O–H groups in total. The normalized spacial score (nSPS) is 12.2. The molecule has 9 rings (SSSR count). The highest BCUT2D eigenvalue weighted by Crippen LogP contribution is 2.54. The number of anilines is 3. The number of hydrogen-bond donors (Lipinski definition) is 0. The molecule has 0 spiro atoms. The molecule has 0 radical (unpaired) electrons. The van der Waals surface area contributed by atoms with Crippen LogP contribution < -0.4 is 4.90 Å². The van der Waals surface area contributed by atoms with Gasteiger partial charge in [-0.3, -0.25) is 4.90 Å². The highest BCUT2D eigenvalue weighted by molar-refractivity contribution is 7.26. The van der Waals surface area contributed by atoms with Gasteiger partial charge in [0.15, 0.2) is 11.6 Å². The minimum atomic E-state index is 0.603. The third-order valence-corrected chi connectivity index (χ3v) is 9.25. The number of hydrogen-bond acceptors (Lipinski definition) is 5. The van der Waals surface area contributed by atoms with E-state index in [-0.39, 0.29) is 0 Å². The fraction of sp³-hybridized carbons (Fsp3) is 0. The quantitative estimate of drug-likeness (QED) is 0.218. The SMILES string of the molecule is c1ccc(-c2nc(-c3ccccc3)nc(N3c4ccc5c(sc6ccccc65)c4-c4cccc5cccc3c45)n2)cc1. The molecule has 42 heavy (non-hydrogen) atoms. The number of fused-ring (bicyclic) bond motifs is 6. The van der Waals surface area contributed by atoms with E-state index in [0.717, 1.165) is 22.5 Å². The Hall–Kier alpha value is -5.39. The summed E-state index contributed by atoms with van der Waals surface area (Å²) in [7, 11) is 0. The highest BCUT2D eigenvalue weighted by atomic mass is 32.1. The van der Waals surface area contributed by atoms with Gasteiger partial charge in [-0.15, -0.1) is 11.3 Å². The summed E-state index contributed by atoms with van der Waals surface area (Å²) in [5, 5.41) is 4.96. The number of nitrogens with zero attached hydrogens (tertiary/aromatic N) is 4. The molecule has 1 aliphatic rings. The summed E-state index contributed by atoms with van der Waals surface area (Å²) in [5.41, 5.74) is 6.51. The first-order valence-corrected chi connectivity index (χ1v) is 14.8. The molecule has 0 amide bonds. The van der Waals surface area contributed by atoms with Crippen molar-refractivity contribution in [1.82, 2.24) is 15.0 Å². The first kappa shape index (κ1) is 23.3. The molecule has 0 fully saturated rings. The van der Waals surface area contributed by atoms with Crippen LogP contribution in [-0.4, -0.2) is 15.0 Å². The average Bonchev–Trinajstić information content (AvgIpc) is 3.44. The van der Waals surface area contributed by atoms with Crippen LogP contribution in [0.15, 0.2) is 133 Å². The molecule has 0 unspecified atom stereocenters. The lowest BCUT2D eigenvalue weighted by atomic mass is 9.90. The summed E-state index contributed by atoms with van der Waals surface area (Å²) in [4.78, 5) is 17.5. The molecular formula is C37H22N4S. The van der Waals surface area contributed by atoms with Crippen LogP contribution in [0.4, 0.5) is 17.3 Å². The van der Waals surface area contributed by atoms with E-state index in [2.05, 4.69) is 102 Å². The van der Waals surface area contributed by atoms with Gasteiger partial charge in [0.05, 0.1) is 11.4 Å². The molecule has 4 nitrogen and oxygen atoms in total. The second kappa shape index (κ2) is 9.06. The predicted octanol–water partition coefficient (Wildman–Crippen LogP) is 10.2. The van der Waals surface area contributed by atoms with E-state index in [9.17, 15) is 0 Å². The summed E-state index contributed by atoms with van der Waals surface area (Å²) in [6, 6.07) is 46.6. The second-order valence-electron chi connectivity index (χ2n) is 10.5. The minimum Gasteiger partial charge on any atom is -0.278 e. The zero-order valence-corrected chi connectivity index (χ0v) is 23.2. The Morgan fingerprint density at radius 2 is 1.17 bits per heavy atom. The van der Waals surface area contributed by atoms with Crippen molar-refractivity contribution in [2.24, 2.45) is 0 Å². The third-order valence-electron chi connectivity index (χ3n) is 8.05. The standard InChI is InChI=1S/C37H22N4S/c1-3-11-24(12-4-1)35-38-36(25-13-5-2-6-14-25)40-37(39-35)41-29-19-10-16-23-15-9-18-28(32(23)29)33-30(41)22-21-27-26-17-7-8-20-31(26)42-34(27)33/h1-22H. The number of aromatic nitrogens is 3. The molecular weight excluding hydrogens is 533 g/mol. The maximum atomic E-state index is 5.14. The van der Waals surface area contributed by atoms with Crippen LogP contribution in [0.25, 0.3) is 64.8 Å². The van der Waals surface area contributed by atoms with Gasteiger partial charge in [-0.1, -0.05) is 115 Å². The zero-order valence-electron chi connectivity index (χ0n) is 22.4. The summed E-state index contributed by atoms with van der Waals surface area (Å²) < 4.78 is 2.57. The molecule has 8 aromatic rings. The molecule has 6 aromatic carbocycles. The van der Waals surface area contributed by atoms with Gasteiger partial charge in [0.2, 0.25) is 5.95 Å². The Morgan fingerprint density at radius 1 is 0.500 bits per heavy atom. The van der Waals surface area contributed by atoms with E-state index in [4.69, 9.17) is 15.0 Å². The van der Waals surface area contributed by atoms with E-state index in [1.54, 1.807) is 0 Å². The van der Waals surface area contributed by atoms with Crippen molar-refractivity contribution in [3.63, 3.8) is 0 Å². The summed E-state index contributed by atoms with van der Waals surface area (Å²) >= 11 is 1.85. The maximum absolute atomic E-state index is 5.14. The molecule has 5 heteroatoms. The summed E-state index contributed by atoms with van der Waals surface area (Å²) in [6.45, 7) is 0. The molecule has 0 bridgehead atoms. The largest absolute Gasteiger partial charge is 0.278 e. The van der Waals surface area contributed by atoms with Crippen LogP contribution in [0, 0.1) is 0 Å². The first-order valence-electron chi connectivity index (χ1n) is 14.0. The molecule has 1 aliphatic heterocycles. The predicted molar refractivity (Wildman–Crippen MR) is 175 cm³/mol. The van der Waals surface area contributed by atoms with Crippen LogP contribution in [0.1, 0.15) is 0 Å². The fourth-order valence-corrected chi connectivity index (χ4v) is 7.44. The molecule has 2 aromatic heterocycles. The Morgan fingerprint density at radius 3 is 1.90 bits per heavy atom. The Bertz CT molecular complexity index is 2250. The maximum Gasteiger partial charge on any atom is 0.238 e. The van der Waals surface area contributed by atoms with E-state index < -0.39 is 0 Å². The molecule has 0 aliphatic carbocycles. The van der Waals surface area contributed by atoms with Gasteiger partial charge in [0.1, 0.15) is 0 Å². The van der Waals surface area contributed by atoms with Crippen molar-refractivity contribution in [3.8, 4) is 33.9 Å². The third kappa shape index (κ3) is 3.44. The van der Waals surface area contributed by atoms with Gasteiger partial charge < -0.3 is 0 Å². The number of thiophene rings is 1. The molecule has 196 valence electrons. The van der Waals surface area contributed by atoms with Crippen LogP contribution in [0.3, 0.4) is 0 Å². The lowest BCUT2D eigenvalue weighted by molar-refractivity contribution is 1.02. The lowest BCUT2D eigenvalue weighted by Crippen LogP contribution is -2.18.